The summed E-state index contributed by atoms with van der Waals surface area (Å²) < 4.78 is 38.1. The average Bonchev–Trinajstić information content (AvgIpc) is 2.45. The second-order valence-corrected chi connectivity index (χ2v) is 2.90. The summed E-state index contributed by atoms with van der Waals surface area (Å²) in [5.41, 5.74) is 0.851. The molecule has 0 saturated heterocycles. The van der Waals surface area contributed by atoms with Crippen LogP contribution in [0.15, 0.2) is 18.6 Å². The average molecular weight is 201 g/mol. The molecule has 74 valence electrons. The van der Waals surface area contributed by atoms with E-state index in [1.165, 1.54) is 12.4 Å². The number of fused-ring (bicyclic) bond motifs is 1. The molecule has 0 unspecified atom stereocenters. The van der Waals surface area contributed by atoms with E-state index in [1.54, 1.807) is 6.92 Å². The molecule has 6 heteroatoms. The monoisotopic (exact) mass is 201 g/mol. The summed E-state index contributed by atoms with van der Waals surface area (Å²) >= 11 is 0. The van der Waals surface area contributed by atoms with E-state index in [0.717, 1.165) is 10.6 Å². The molecule has 0 spiro atoms. The van der Waals surface area contributed by atoms with E-state index in [0.29, 0.717) is 11.2 Å². The maximum absolute atomic E-state index is 12.4. The Hall–Kier alpha value is -1.59. The van der Waals surface area contributed by atoms with Gasteiger partial charge in [0.1, 0.15) is 0 Å². The highest BCUT2D eigenvalue weighted by molar-refractivity contribution is 5.44. The second kappa shape index (κ2) is 2.70. The molecule has 0 saturated carbocycles. The minimum atomic E-state index is -4.43. The SMILES string of the molecule is Cc1cn2c(C(F)(F)F)ncc2cn1. The number of hydrogen-bond acceptors (Lipinski definition) is 2. The molecule has 14 heavy (non-hydrogen) atoms. The van der Waals surface area contributed by atoms with Crippen LogP contribution in [0.4, 0.5) is 13.2 Å². The van der Waals surface area contributed by atoms with Gasteiger partial charge in [-0.25, -0.2) is 4.98 Å². The summed E-state index contributed by atoms with van der Waals surface area (Å²) in [5.74, 6) is -0.919. The number of alkyl halides is 3. The zero-order chi connectivity index (χ0) is 10.3. The van der Waals surface area contributed by atoms with Gasteiger partial charge in [-0.1, -0.05) is 0 Å². The van der Waals surface area contributed by atoms with Crippen LogP contribution in [0, 0.1) is 6.92 Å². The molecule has 0 bridgehead atoms. The van der Waals surface area contributed by atoms with Gasteiger partial charge < -0.3 is 0 Å². The summed E-state index contributed by atoms with van der Waals surface area (Å²) in [6, 6.07) is 0. The fraction of sp³-hybridized carbons (Fsp3) is 0.250. The van der Waals surface area contributed by atoms with Crippen molar-refractivity contribution in [3.05, 3.63) is 30.1 Å². The first-order chi connectivity index (χ1) is 6.48. The van der Waals surface area contributed by atoms with E-state index in [1.807, 2.05) is 0 Å². The fourth-order valence-corrected chi connectivity index (χ4v) is 1.20. The van der Waals surface area contributed by atoms with Gasteiger partial charge in [0.25, 0.3) is 0 Å². The van der Waals surface area contributed by atoms with Gasteiger partial charge in [0, 0.05) is 6.20 Å². The Morgan fingerprint density at radius 3 is 2.50 bits per heavy atom. The summed E-state index contributed by atoms with van der Waals surface area (Å²) in [7, 11) is 0. The molecule has 2 aromatic rings. The van der Waals surface area contributed by atoms with Crippen LogP contribution >= 0.6 is 0 Å². The van der Waals surface area contributed by atoms with E-state index in [9.17, 15) is 13.2 Å². The van der Waals surface area contributed by atoms with Gasteiger partial charge in [-0.3, -0.25) is 9.38 Å². The molecule has 0 aromatic carbocycles. The lowest BCUT2D eigenvalue weighted by Crippen LogP contribution is -2.10. The lowest BCUT2D eigenvalue weighted by atomic mass is 10.4. The minimum Gasteiger partial charge on any atom is -0.293 e. The van der Waals surface area contributed by atoms with E-state index in [4.69, 9.17) is 0 Å². The largest absolute Gasteiger partial charge is 0.450 e. The van der Waals surface area contributed by atoms with Crippen molar-refractivity contribution in [2.24, 2.45) is 0 Å². The third-order valence-corrected chi connectivity index (χ3v) is 1.80. The zero-order valence-corrected chi connectivity index (χ0v) is 7.21. The van der Waals surface area contributed by atoms with Crippen molar-refractivity contribution in [3.8, 4) is 0 Å². The molecule has 0 aliphatic heterocycles. The van der Waals surface area contributed by atoms with Gasteiger partial charge >= 0.3 is 6.18 Å². The number of aromatic nitrogens is 3. The summed E-state index contributed by atoms with van der Waals surface area (Å²) in [4.78, 5) is 7.18. The molecule has 0 aliphatic carbocycles. The molecule has 0 radical (unpaired) electrons. The van der Waals surface area contributed by atoms with Crippen LogP contribution in [0.3, 0.4) is 0 Å². The van der Waals surface area contributed by atoms with Gasteiger partial charge in [-0.15, -0.1) is 0 Å². The summed E-state index contributed by atoms with van der Waals surface area (Å²) in [6.45, 7) is 1.62. The maximum atomic E-state index is 12.4. The molecule has 0 fully saturated rings. The molecular weight excluding hydrogens is 195 g/mol. The van der Waals surface area contributed by atoms with Crippen molar-refractivity contribution in [1.29, 1.82) is 0 Å². The Kier molecular flexibility index (Phi) is 1.73. The Balaban J connectivity index is 2.73. The standard InChI is InChI=1S/C8H6F3N3/c1-5-4-14-6(2-12-5)3-13-7(14)8(9,10)11/h2-4H,1H3. The van der Waals surface area contributed by atoms with Crippen LogP contribution < -0.4 is 0 Å². The van der Waals surface area contributed by atoms with Crippen molar-refractivity contribution in [3.63, 3.8) is 0 Å². The minimum absolute atomic E-state index is 0.336. The summed E-state index contributed by atoms with van der Waals surface area (Å²) in [6.07, 6.45) is -0.613. The Morgan fingerprint density at radius 1 is 1.21 bits per heavy atom. The highest BCUT2D eigenvalue weighted by atomic mass is 19.4. The smallest absolute Gasteiger partial charge is 0.293 e. The number of aryl methyl sites for hydroxylation is 1. The molecule has 0 amide bonds. The first-order valence-corrected chi connectivity index (χ1v) is 3.85. The van der Waals surface area contributed by atoms with Crippen LogP contribution in [0.5, 0.6) is 0 Å². The number of rotatable bonds is 0. The van der Waals surface area contributed by atoms with Crippen molar-refractivity contribution >= 4 is 5.52 Å². The van der Waals surface area contributed by atoms with Crippen LogP contribution in [-0.4, -0.2) is 14.4 Å². The summed E-state index contributed by atoms with van der Waals surface area (Å²) in [5, 5.41) is 0. The Morgan fingerprint density at radius 2 is 1.86 bits per heavy atom. The highest BCUT2D eigenvalue weighted by Gasteiger charge is 2.35. The third-order valence-electron chi connectivity index (χ3n) is 1.80. The number of imidazole rings is 1. The van der Waals surface area contributed by atoms with Gasteiger partial charge in [0.15, 0.2) is 0 Å². The predicted octanol–water partition coefficient (Wildman–Crippen LogP) is 2.06. The number of hydrogen-bond donors (Lipinski definition) is 0. The highest BCUT2D eigenvalue weighted by Crippen LogP contribution is 2.28. The van der Waals surface area contributed by atoms with Crippen molar-refractivity contribution in [1.82, 2.24) is 14.4 Å². The first kappa shape index (κ1) is 8.98. The van der Waals surface area contributed by atoms with E-state index in [-0.39, 0.29) is 0 Å². The van der Waals surface area contributed by atoms with E-state index < -0.39 is 12.0 Å². The first-order valence-electron chi connectivity index (χ1n) is 3.85. The number of nitrogens with zero attached hydrogens (tertiary/aromatic N) is 3. The van der Waals surface area contributed by atoms with Crippen molar-refractivity contribution in [2.75, 3.05) is 0 Å². The number of halogens is 3. The molecular formula is C8H6F3N3. The molecule has 2 heterocycles. The zero-order valence-electron chi connectivity index (χ0n) is 7.21. The van der Waals surface area contributed by atoms with Crippen LogP contribution in [0.25, 0.3) is 5.52 Å². The molecule has 2 aromatic heterocycles. The normalized spacial score (nSPS) is 12.3. The quantitative estimate of drug-likeness (QED) is 0.653. The Bertz CT molecular complexity index is 472. The molecule has 2 rings (SSSR count). The van der Waals surface area contributed by atoms with Crippen LogP contribution in [-0.2, 0) is 6.18 Å². The van der Waals surface area contributed by atoms with Gasteiger partial charge in [-0.2, -0.15) is 13.2 Å². The topological polar surface area (TPSA) is 30.2 Å². The van der Waals surface area contributed by atoms with Crippen molar-refractivity contribution < 1.29 is 13.2 Å². The van der Waals surface area contributed by atoms with Gasteiger partial charge in [-0.05, 0) is 6.92 Å². The third kappa shape index (κ3) is 1.32. The molecule has 0 atom stereocenters. The molecule has 0 aliphatic rings. The Labute approximate surface area is 77.2 Å². The second-order valence-electron chi connectivity index (χ2n) is 2.90. The lowest BCUT2D eigenvalue weighted by molar-refractivity contribution is -0.145. The van der Waals surface area contributed by atoms with Crippen molar-refractivity contribution in [2.45, 2.75) is 13.1 Å². The lowest BCUT2D eigenvalue weighted by Gasteiger charge is -2.04. The van der Waals surface area contributed by atoms with E-state index in [2.05, 4.69) is 9.97 Å². The molecule has 0 N–H and O–H groups in total. The van der Waals surface area contributed by atoms with Crippen LogP contribution in [0.1, 0.15) is 11.5 Å². The van der Waals surface area contributed by atoms with E-state index >= 15 is 0 Å². The molecule has 3 nitrogen and oxygen atoms in total. The van der Waals surface area contributed by atoms with Gasteiger partial charge in [0.05, 0.1) is 23.6 Å². The van der Waals surface area contributed by atoms with Crippen LogP contribution in [0.2, 0.25) is 0 Å². The predicted molar refractivity (Wildman–Crippen MR) is 42.7 cm³/mol. The van der Waals surface area contributed by atoms with Gasteiger partial charge in [0.2, 0.25) is 5.82 Å². The fourth-order valence-electron chi connectivity index (χ4n) is 1.20. The maximum Gasteiger partial charge on any atom is 0.450 e.